The molecule has 3 heterocycles. The van der Waals surface area contributed by atoms with E-state index in [4.69, 9.17) is 5.73 Å². The average molecular weight is 260 g/mol. The summed E-state index contributed by atoms with van der Waals surface area (Å²) in [6.45, 7) is 4.25. The van der Waals surface area contributed by atoms with Gasteiger partial charge in [0.05, 0.1) is 17.6 Å². The van der Waals surface area contributed by atoms with Gasteiger partial charge in [0.1, 0.15) is 0 Å². The number of nitrogens with two attached hydrogens (primary N) is 1. The van der Waals surface area contributed by atoms with E-state index < -0.39 is 0 Å². The number of likely N-dealkylation sites (N-methyl/N-ethyl adjacent to an activating group) is 1. The molecule has 0 aliphatic carbocycles. The van der Waals surface area contributed by atoms with Crippen LogP contribution >= 0.6 is 0 Å². The maximum absolute atomic E-state index is 5.85. The van der Waals surface area contributed by atoms with E-state index in [1.807, 2.05) is 13.1 Å². The lowest BCUT2D eigenvalue weighted by molar-refractivity contribution is 0.254. The molecule has 2 unspecified atom stereocenters. The Morgan fingerprint density at radius 1 is 1.26 bits per heavy atom. The number of rotatable bonds is 2. The van der Waals surface area contributed by atoms with Crippen molar-refractivity contribution < 1.29 is 0 Å². The van der Waals surface area contributed by atoms with E-state index in [2.05, 4.69) is 34.0 Å². The van der Waals surface area contributed by atoms with E-state index in [1.54, 1.807) is 0 Å². The lowest BCUT2D eigenvalue weighted by Gasteiger charge is -2.27. The Morgan fingerprint density at radius 3 is 2.74 bits per heavy atom. The van der Waals surface area contributed by atoms with Crippen molar-refractivity contribution >= 4 is 5.69 Å². The molecule has 104 valence electrons. The minimum absolute atomic E-state index is 0.0142. The van der Waals surface area contributed by atoms with Crippen LogP contribution in [-0.4, -0.2) is 42.1 Å². The fourth-order valence-corrected chi connectivity index (χ4v) is 3.40. The highest BCUT2D eigenvalue weighted by Gasteiger charge is 2.34. The molecule has 19 heavy (non-hydrogen) atoms. The predicted molar refractivity (Wildman–Crippen MR) is 78.2 cm³/mol. The molecule has 0 amide bonds. The third-order valence-electron chi connectivity index (χ3n) is 4.75. The fraction of sp³-hybridized carbons (Fsp3) is 0.667. The van der Waals surface area contributed by atoms with Gasteiger partial charge in [0.15, 0.2) is 0 Å². The van der Waals surface area contributed by atoms with Gasteiger partial charge in [-0.25, -0.2) is 0 Å². The van der Waals surface area contributed by atoms with Crippen LogP contribution in [0, 0.1) is 0 Å². The summed E-state index contributed by atoms with van der Waals surface area (Å²) in [6.07, 6.45) is 5.96. The Hall–Kier alpha value is -1.13. The summed E-state index contributed by atoms with van der Waals surface area (Å²) in [5.74, 6) is 0. The van der Waals surface area contributed by atoms with Gasteiger partial charge in [0, 0.05) is 31.2 Å². The Labute approximate surface area is 115 Å². The summed E-state index contributed by atoms with van der Waals surface area (Å²) in [5, 5.41) is 0. The molecule has 2 aliphatic rings. The van der Waals surface area contributed by atoms with Crippen molar-refractivity contribution in [2.75, 3.05) is 25.0 Å². The zero-order chi connectivity index (χ0) is 13.4. The Kier molecular flexibility index (Phi) is 3.46. The Balaban J connectivity index is 1.75. The number of pyridine rings is 1. The van der Waals surface area contributed by atoms with Gasteiger partial charge in [-0.1, -0.05) is 0 Å². The monoisotopic (exact) mass is 260 g/mol. The highest BCUT2D eigenvalue weighted by Crippen LogP contribution is 2.30. The first-order valence-electron chi connectivity index (χ1n) is 7.33. The van der Waals surface area contributed by atoms with Gasteiger partial charge in [-0.3, -0.25) is 9.88 Å². The van der Waals surface area contributed by atoms with Gasteiger partial charge >= 0.3 is 0 Å². The van der Waals surface area contributed by atoms with Crippen LogP contribution in [0.1, 0.15) is 37.9 Å². The maximum Gasteiger partial charge on any atom is 0.0569 e. The van der Waals surface area contributed by atoms with Gasteiger partial charge in [-0.2, -0.15) is 0 Å². The van der Waals surface area contributed by atoms with Crippen LogP contribution in [0.25, 0.3) is 0 Å². The summed E-state index contributed by atoms with van der Waals surface area (Å²) < 4.78 is 0. The third kappa shape index (κ3) is 2.47. The molecular weight excluding hydrogens is 236 g/mol. The van der Waals surface area contributed by atoms with E-state index in [1.165, 1.54) is 24.9 Å². The van der Waals surface area contributed by atoms with Crippen molar-refractivity contribution in [3.05, 3.63) is 24.0 Å². The summed E-state index contributed by atoms with van der Waals surface area (Å²) in [4.78, 5) is 9.54. The number of aromatic nitrogens is 1. The van der Waals surface area contributed by atoms with Crippen molar-refractivity contribution in [2.45, 2.75) is 44.3 Å². The molecule has 0 spiro atoms. The zero-order valence-electron chi connectivity index (χ0n) is 11.9. The van der Waals surface area contributed by atoms with Crippen LogP contribution in [0.5, 0.6) is 0 Å². The lowest BCUT2D eigenvalue weighted by Crippen LogP contribution is -2.36. The van der Waals surface area contributed by atoms with Crippen LogP contribution in [0.2, 0.25) is 0 Å². The molecule has 0 saturated carbocycles. The van der Waals surface area contributed by atoms with Crippen LogP contribution in [-0.2, 0) is 0 Å². The largest absolute Gasteiger partial charge is 0.369 e. The second-order valence-electron chi connectivity index (χ2n) is 6.02. The second-order valence-corrected chi connectivity index (χ2v) is 6.02. The number of hydrogen-bond donors (Lipinski definition) is 1. The number of fused-ring (bicyclic) bond motifs is 2. The molecular formula is C15H24N4. The van der Waals surface area contributed by atoms with E-state index >= 15 is 0 Å². The molecule has 2 aliphatic heterocycles. The van der Waals surface area contributed by atoms with Crippen LogP contribution in [0.3, 0.4) is 0 Å². The lowest BCUT2D eigenvalue weighted by atomic mass is 10.1. The minimum atomic E-state index is 0.0142. The highest BCUT2D eigenvalue weighted by molar-refractivity contribution is 5.45. The molecule has 4 heteroatoms. The third-order valence-corrected chi connectivity index (χ3v) is 4.75. The van der Waals surface area contributed by atoms with Gasteiger partial charge in [0.25, 0.3) is 0 Å². The molecule has 4 nitrogen and oxygen atoms in total. The van der Waals surface area contributed by atoms with Gasteiger partial charge in [0.2, 0.25) is 0 Å². The van der Waals surface area contributed by atoms with Crippen LogP contribution < -0.4 is 10.6 Å². The molecule has 3 rings (SSSR count). The fourth-order valence-electron chi connectivity index (χ4n) is 3.40. The van der Waals surface area contributed by atoms with Crippen molar-refractivity contribution in [1.29, 1.82) is 0 Å². The molecule has 1 aromatic rings. The molecule has 1 aromatic heterocycles. The van der Waals surface area contributed by atoms with Crippen molar-refractivity contribution in [1.82, 2.24) is 9.88 Å². The van der Waals surface area contributed by atoms with Gasteiger partial charge in [-0.05, 0) is 45.4 Å². The number of hydrogen-bond acceptors (Lipinski definition) is 4. The van der Waals surface area contributed by atoms with Crippen LogP contribution in [0.15, 0.2) is 18.3 Å². The second kappa shape index (κ2) is 5.10. The summed E-state index contributed by atoms with van der Waals surface area (Å²) in [6, 6.07) is 5.74. The van der Waals surface area contributed by atoms with Gasteiger partial charge in [-0.15, -0.1) is 0 Å². The summed E-state index contributed by atoms with van der Waals surface area (Å²) in [5.41, 5.74) is 8.06. The molecule has 2 bridgehead atoms. The topological polar surface area (TPSA) is 45.4 Å². The molecule has 0 radical (unpaired) electrons. The van der Waals surface area contributed by atoms with Gasteiger partial charge < -0.3 is 10.6 Å². The van der Waals surface area contributed by atoms with Crippen molar-refractivity contribution in [2.24, 2.45) is 5.73 Å². The molecule has 3 atom stereocenters. The zero-order valence-corrected chi connectivity index (χ0v) is 11.9. The molecule has 2 N–H and O–H groups in total. The first kappa shape index (κ1) is 12.9. The summed E-state index contributed by atoms with van der Waals surface area (Å²) in [7, 11) is 2.28. The predicted octanol–water partition coefficient (Wildman–Crippen LogP) is 1.77. The number of nitrogens with zero attached hydrogens (tertiary/aromatic N) is 3. The van der Waals surface area contributed by atoms with E-state index in [0.717, 1.165) is 24.8 Å². The Bertz CT molecular complexity index is 428. The van der Waals surface area contributed by atoms with Crippen LogP contribution in [0.4, 0.5) is 5.69 Å². The average Bonchev–Trinajstić information content (AvgIpc) is 2.63. The summed E-state index contributed by atoms with van der Waals surface area (Å²) >= 11 is 0. The standard InChI is InChI=1S/C15H24N4/c1-11(16)15-6-5-13(9-17-15)19-8-7-12-3-4-14(10-19)18(12)2/h5-6,9,11-12,14H,3-4,7-8,10,16H2,1-2H3/t11-,12?,14?/m1/s1. The minimum Gasteiger partial charge on any atom is -0.369 e. The maximum atomic E-state index is 5.85. The first-order valence-corrected chi connectivity index (χ1v) is 7.33. The van der Waals surface area contributed by atoms with Crippen molar-refractivity contribution in [3.63, 3.8) is 0 Å². The van der Waals surface area contributed by atoms with E-state index in [-0.39, 0.29) is 6.04 Å². The number of anilines is 1. The first-order chi connectivity index (χ1) is 9.15. The Morgan fingerprint density at radius 2 is 2.05 bits per heavy atom. The molecule has 2 saturated heterocycles. The molecule has 2 fully saturated rings. The highest BCUT2D eigenvalue weighted by atomic mass is 15.3. The molecule has 0 aromatic carbocycles. The quantitative estimate of drug-likeness (QED) is 0.880. The SMILES string of the molecule is C[C@@H](N)c1ccc(N2CCC3CCC(C2)N3C)cn1. The van der Waals surface area contributed by atoms with E-state index in [9.17, 15) is 0 Å². The normalized spacial score (nSPS) is 29.3. The van der Waals surface area contributed by atoms with E-state index in [0.29, 0.717) is 6.04 Å². The van der Waals surface area contributed by atoms with Crippen molar-refractivity contribution in [3.8, 4) is 0 Å². The smallest absolute Gasteiger partial charge is 0.0569 e.